The molecule has 0 aliphatic rings. The fourth-order valence-corrected chi connectivity index (χ4v) is 2.63. The second-order valence-electron chi connectivity index (χ2n) is 5.13. The average Bonchev–Trinajstić information content (AvgIpc) is 2.60. The Morgan fingerprint density at radius 3 is 2.38 bits per heavy atom. The van der Waals surface area contributed by atoms with Gasteiger partial charge in [-0.1, -0.05) is 47.5 Å². The molecule has 26 heavy (non-hydrogen) atoms. The molecular weight excluding hydrogens is 379 g/mol. The van der Waals surface area contributed by atoms with E-state index < -0.39 is 17.1 Å². The van der Waals surface area contributed by atoms with Crippen molar-refractivity contribution in [3.63, 3.8) is 0 Å². The fourth-order valence-electron chi connectivity index (χ4n) is 2.23. The van der Waals surface area contributed by atoms with E-state index in [0.717, 1.165) is 10.8 Å². The Hall–Kier alpha value is -3.03. The smallest absolute Gasteiger partial charge is 0.335 e. The highest BCUT2D eigenvalue weighted by Crippen LogP contribution is 2.23. The highest BCUT2D eigenvalue weighted by Gasteiger charge is 2.15. The Labute approximate surface area is 157 Å². The number of aromatic amines is 1. The number of nitrogens with zero attached hydrogens (tertiary/aromatic N) is 2. The summed E-state index contributed by atoms with van der Waals surface area (Å²) in [4.78, 5) is 26.3. The summed E-state index contributed by atoms with van der Waals surface area (Å²) in [5.41, 5.74) is 1.57. The van der Waals surface area contributed by atoms with E-state index in [9.17, 15) is 14.7 Å². The third kappa shape index (κ3) is 3.49. The number of anilines is 1. The molecule has 0 radical (unpaired) electrons. The van der Waals surface area contributed by atoms with E-state index in [4.69, 9.17) is 23.2 Å². The van der Waals surface area contributed by atoms with Crippen LogP contribution in [0, 0.1) is 0 Å². The van der Waals surface area contributed by atoms with Gasteiger partial charge in [-0.3, -0.25) is 15.2 Å². The van der Waals surface area contributed by atoms with E-state index in [1.165, 1.54) is 6.07 Å². The molecule has 0 amide bonds. The molecule has 0 bridgehead atoms. The summed E-state index contributed by atoms with van der Waals surface area (Å²) in [5.74, 6) is -0.587. The number of halogens is 2. The zero-order chi connectivity index (χ0) is 18.7. The molecular formula is C17H12Cl2N4O3. The molecule has 0 spiro atoms. The van der Waals surface area contributed by atoms with Gasteiger partial charge in [-0.2, -0.15) is 5.10 Å². The van der Waals surface area contributed by atoms with E-state index in [1.807, 2.05) is 0 Å². The standard InChI is InChI=1S/C17H12Cl2N4O3/c18-11-5-1-3-7-13(11)22-20-9-10-15(24)21-17(26)23(16(10)25)14-8-4-2-6-12(14)19/h1-9,22,25H,(H,21,24,26). The SMILES string of the molecule is O=c1[nH]c(=O)n(-c2ccccc2Cl)c(O)c1C=NNc1ccccc1Cl. The lowest BCUT2D eigenvalue weighted by Crippen LogP contribution is -2.31. The first-order valence-corrected chi connectivity index (χ1v) is 8.11. The van der Waals surface area contributed by atoms with Crippen LogP contribution in [0.2, 0.25) is 10.0 Å². The fraction of sp³-hybridized carbons (Fsp3) is 0. The zero-order valence-electron chi connectivity index (χ0n) is 13.1. The van der Waals surface area contributed by atoms with Crippen molar-refractivity contribution in [1.82, 2.24) is 9.55 Å². The first-order valence-electron chi connectivity index (χ1n) is 7.36. The lowest BCUT2D eigenvalue weighted by molar-refractivity contribution is 0.430. The molecule has 132 valence electrons. The molecule has 0 aliphatic carbocycles. The van der Waals surface area contributed by atoms with Gasteiger partial charge in [0, 0.05) is 0 Å². The largest absolute Gasteiger partial charge is 0.493 e. The van der Waals surface area contributed by atoms with Crippen molar-refractivity contribution < 1.29 is 5.11 Å². The Balaban J connectivity index is 2.03. The number of benzene rings is 2. The summed E-state index contributed by atoms with van der Waals surface area (Å²) >= 11 is 12.1. The summed E-state index contributed by atoms with van der Waals surface area (Å²) < 4.78 is 0.889. The third-order valence-corrected chi connectivity index (χ3v) is 4.12. The molecule has 0 unspecified atom stereocenters. The van der Waals surface area contributed by atoms with Gasteiger partial charge in [-0.15, -0.1) is 0 Å². The molecule has 3 rings (SSSR count). The number of aromatic hydroxyl groups is 1. The number of H-pyrrole nitrogens is 1. The second kappa shape index (κ2) is 7.47. The normalized spacial score (nSPS) is 11.0. The van der Waals surface area contributed by atoms with E-state index >= 15 is 0 Å². The molecule has 7 nitrogen and oxygen atoms in total. The summed E-state index contributed by atoms with van der Waals surface area (Å²) in [6, 6.07) is 13.3. The third-order valence-electron chi connectivity index (χ3n) is 3.47. The van der Waals surface area contributed by atoms with E-state index in [-0.39, 0.29) is 16.3 Å². The molecule has 1 heterocycles. The molecule has 0 aliphatic heterocycles. The zero-order valence-corrected chi connectivity index (χ0v) is 14.6. The van der Waals surface area contributed by atoms with Crippen LogP contribution < -0.4 is 16.7 Å². The molecule has 1 aromatic heterocycles. The number of hydrogen-bond donors (Lipinski definition) is 3. The molecule has 3 N–H and O–H groups in total. The monoisotopic (exact) mass is 390 g/mol. The van der Waals surface area contributed by atoms with Crippen LogP contribution in [-0.2, 0) is 0 Å². The van der Waals surface area contributed by atoms with Crippen LogP contribution in [-0.4, -0.2) is 20.9 Å². The van der Waals surface area contributed by atoms with Gasteiger partial charge in [0.15, 0.2) is 0 Å². The van der Waals surface area contributed by atoms with Crippen LogP contribution >= 0.6 is 23.2 Å². The maximum absolute atomic E-state index is 12.1. The molecule has 9 heteroatoms. The van der Waals surface area contributed by atoms with Crippen LogP contribution in [0.25, 0.3) is 5.69 Å². The predicted octanol–water partition coefficient (Wildman–Crippen LogP) is 2.98. The Kier molecular flexibility index (Phi) is 5.11. The summed E-state index contributed by atoms with van der Waals surface area (Å²) in [6.07, 6.45) is 1.09. The minimum Gasteiger partial charge on any atom is -0.493 e. The number of aromatic nitrogens is 2. The molecule has 0 fully saturated rings. The van der Waals surface area contributed by atoms with Gasteiger partial charge in [0.05, 0.1) is 27.6 Å². The molecule has 0 saturated carbocycles. The molecule has 2 aromatic carbocycles. The van der Waals surface area contributed by atoms with Crippen LogP contribution in [0.3, 0.4) is 0 Å². The van der Waals surface area contributed by atoms with Gasteiger partial charge in [-0.05, 0) is 24.3 Å². The summed E-state index contributed by atoms with van der Waals surface area (Å²) in [6.45, 7) is 0. The van der Waals surface area contributed by atoms with Crippen molar-refractivity contribution >= 4 is 35.1 Å². The Bertz CT molecular complexity index is 1110. The van der Waals surface area contributed by atoms with Gasteiger partial charge >= 0.3 is 5.69 Å². The van der Waals surface area contributed by atoms with Crippen molar-refractivity contribution in [1.29, 1.82) is 0 Å². The first-order chi connectivity index (χ1) is 12.5. The number of hydrazone groups is 1. The predicted molar refractivity (Wildman–Crippen MR) is 102 cm³/mol. The number of para-hydroxylation sites is 2. The van der Waals surface area contributed by atoms with Crippen molar-refractivity contribution in [3.05, 3.63) is 85.0 Å². The van der Waals surface area contributed by atoms with Gasteiger partial charge in [0.1, 0.15) is 5.56 Å². The number of nitrogens with one attached hydrogen (secondary N) is 2. The molecule has 0 atom stereocenters. The summed E-state index contributed by atoms with van der Waals surface area (Å²) in [5, 5.41) is 15.0. The second-order valence-corrected chi connectivity index (χ2v) is 5.95. The van der Waals surface area contributed by atoms with Crippen LogP contribution in [0.15, 0.2) is 63.2 Å². The quantitative estimate of drug-likeness (QED) is 0.470. The van der Waals surface area contributed by atoms with Gasteiger partial charge in [-0.25, -0.2) is 9.36 Å². The van der Waals surface area contributed by atoms with Crippen molar-refractivity contribution in [2.75, 3.05) is 5.43 Å². The van der Waals surface area contributed by atoms with E-state index in [0.29, 0.717) is 10.7 Å². The maximum Gasteiger partial charge on any atom is 0.335 e. The minimum absolute atomic E-state index is 0.218. The van der Waals surface area contributed by atoms with Gasteiger partial charge < -0.3 is 5.11 Å². The topological polar surface area (TPSA) is 99.5 Å². The van der Waals surface area contributed by atoms with Gasteiger partial charge in [0.25, 0.3) is 5.56 Å². The Morgan fingerprint density at radius 2 is 1.69 bits per heavy atom. The lowest BCUT2D eigenvalue weighted by atomic mass is 10.3. The van der Waals surface area contributed by atoms with Crippen molar-refractivity contribution in [3.8, 4) is 11.6 Å². The highest BCUT2D eigenvalue weighted by atomic mass is 35.5. The van der Waals surface area contributed by atoms with Crippen LogP contribution in [0.4, 0.5) is 5.69 Å². The summed E-state index contributed by atoms with van der Waals surface area (Å²) in [7, 11) is 0. The Morgan fingerprint density at radius 1 is 1.04 bits per heavy atom. The number of hydrogen-bond acceptors (Lipinski definition) is 5. The van der Waals surface area contributed by atoms with Crippen molar-refractivity contribution in [2.45, 2.75) is 0 Å². The molecule has 3 aromatic rings. The van der Waals surface area contributed by atoms with Crippen LogP contribution in [0.5, 0.6) is 5.88 Å². The van der Waals surface area contributed by atoms with E-state index in [2.05, 4.69) is 15.5 Å². The van der Waals surface area contributed by atoms with Crippen molar-refractivity contribution in [2.24, 2.45) is 5.10 Å². The van der Waals surface area contributed by atoms with E-state index in [1.54, 1.807) is 42.5 Å². The number of rotatable bonds is 4. The van der Waals surface area contributed by atoms with Gasteiger partial charge in [0.2, 0.25) is 5.88 Å². The average molecular weight is 391 g/mol. The lowest BCUT2D eigenvalue weighted by Gasteiger charge is -2.10. The first kappa shape index (κ1) is 17.8. The molecule has 0 saturated heterocycles. The maximum atomic E-state index is 12.1. The highest BCUT2D eigenvalue weighted by molar-refractivity contribution is 6.33. The minimum atomic E-state index is -0.822. The van der Waals surface area contributed by atoms with Crippen LogP contribution in [0.1, 0.15) is 5.56 Å².